The lowest BCUT2D eigenvalue weighted by Gasteiger charge is -2.12. The fourth-order valence-corrected chi connectivity index (χ4v) is 2.15. The third-order valence-electron chi connectivity index (χ3n) is 2.70. The Labute approximate surface area is 116 Å². The zero-order valence-electron chi connectivity index (χ0n) is 10.4. The zero-order valence-corrected chi connectivity index (χ0v) is 11.1. The van der Waals surface area contributed by atoms with Crippen molar-refractivity contribution in [3.05, 3.63) is 53.1 Å². The molecule has 19 heavy (non-hydrogen) atoms. The number of para-hydroxylation sites is 1. The fourth-order valence-electron chi connectivity index (χ4n) is 1.88. The van der Waals surface area contributed by atoms with Gasteiger partial charge in [0.2, 0.25) is 0 Å². The molecule has 0 amide bonds. The molecule has 0 aliphatic carbocycles. The standard InChI is InChI=1S/C14H13ClN2O2/c1-2-12-16-8-9-17(12)14-10(6-7-13(18)19)4-3-5-11(14)15/h3-9H,2H2,1H3,(H,18,19)/b7-6+. The molecule has 4 nitrogen and oxygen atoms in total. The number of aromatic nitrogens is 2. The number of carboxylic acid groups (broad SMARTS) is 1. The van der Waals surface area contributed by atoms with E-state index in [1.807, 2.05) is 23.8 Å². The number of aryl methyl sites for hydroxylation is 1. The molecule has 0 saturated carbocycles. The molecule has 2 rings (SSSR count). The normalized spacial score (nSPS) is 11.1. The molecule has 1 N–H and O–H groups in total. The summed E-state index contributed by atoms with van der Waals surface area (Å²) in [6.07, 6.45) is 6.91. The number of hydrogen-bond donors (Lipinski definition) is 1. The molecular weight excluding hydrogens is 264 g/mol. The minimum Gasteiger partial charge on any atom is -0.478 e. The Morgan fingerprint density at radius 2 is 2.32 bits per heavy atom. The molecule has 0 unspecified atom stereocenters. The number of benzene rings is 1. The first-order valence-electron chi connectivity index (χ1n) is 5.85. The molecule has 5 heteroatoms. The molecule has 0 aliphatic heterocycles. The average molecular weight is 277 g/mol. The molecule has 0 radical (unpaired) electrons. The highest BCUT2D eigenvalue weighted by atomic mass is 35.5. The maximum atomic E-state index is 10.6. The van der Waals surface area contributed by atoms with Gasteiger partial charge in [-0.3, -0.25) is 0 Å². The van der Waals surface area contributed by atoms with Gasteiger partial charge in [0.15, 0.2) is 0 Å². The average Bonchev–Trinajstić information content (AvgIpc) is 2.84. The van der Waals surface area contributed by atoms with Crippen molar-refractivity contribution in [2.75, 3.05) is 0 Å². The molecule has 98 valence electrons. The Morgan fingerprint density at radius 1 is 1.53 bits per heavy atom. The minimum absolute atomic E-state index is 0.556. The van der Waals surface area contributed by atoms with Crippen molar-refractivity contribution in [1.82, 2.24) is 9.55 Å². The molecule has 0 bridgehead atoms. The van der Waals surface area contributed by atoms with Crippen LogP contribution >= 0.6 is 11.6 Å². The summed E-state index contributed by atoms with van der Waals surface area (Å²) < 4.78 is 1.88. The van der Waals surface area contributed by atoms with Gasteiger partial charge in [-0.05, 0) is 12.1 Å². The predicted octanol–water partition coefficient (Wildman–Crippen LogP) is 3.19. The summed E-state index contributed by atoms with van der Waals surface area (Å²) >= 11 is 6.24. The number of nitrogens with zero attached hydrogens (tertiary/aromatic N) is 2. The van der Waals surface area contributed by atoms with Gasteiger partial charge in [-0.2, -0.15) is 0 Å². The number of halogens is 1. The smallest absolute Gasteiger partial charge is 0.328 e. The van der Waals surface area contributed by atoms with Gasteiger partial charge in [-0.25, -0.2) is 9.78 Å². The number of imidazole rings is 1. The van der Waals surface area contributed by atoms with E-state index in [0.29, 0.717) is 5.02 Å². The van der Waals surface area contributed by atoms with Crippen molar-refractivity contribution >= 4 is 23.6 Å². The lowest BCUT2D eigenvalue weighted by Crippen LogP contribution is -2.02. The van der Waals surface area contributed by atoms with Crippen LogP contribution in [0.25, 0.3) is 11.8 Å². The van der Waals surface area contributed by atoms with Crippen molar-refractivity contribution < 1.29 is 9.90 Å². The Kier molecular flexibility index (Phi) is 4.02. The van der Waals surface area contributed by atoms with E-state index in [9.17, 15) is 4.79 Å². The second kappa shape index (κ2) is 5.71. The predicted molar refractivity (Wildman–Crippen MR) is 74.6 cm³/mol. The Balaban J connectivity index is 2.58. The number of carboxylic acids is 1. The van der Waals surface area contributed by atoms with E-state index in [-0.39, 0.29) is 0 Å². The highest BCUT2D eigenvalue weighted by Gasteiger charge is 2.10. The van der Waals surface area contributed by atoms with E-state index in [1.165, 1.54) is 6.08 Å². The van der Waals surface area contributed by atoms with E-state index in [0.717, 1.165) is 29.6 Å². The van der Waals surface area contributed by atoms with Gasteiger partial charge in [0.25, 0.3) is 0 Å². The number of rotatable bonds is 4. The summed E-state index contributed by atoms with van der Waals surface area (Å²) in [5.41, 5.74) is 1.48. The molecule has 1 aromatic carbocycles. The quantitative estimate of drug-likeness (QED) is 0.873. The van der Waals surface area contributed by atoms with Crippen LogP contribution in [0, 0.1) is 0 Å². The summed E-state index contributed by atoms with van der Waals surface area (Å²) in [5.74, 6) is -0.120. The zero-order chi connectivity index (χ0) is 13.8. The van der Waals surface area contributed by atoms with Crippen LogP contribution in [0.3, 0.4) is 0 Å². The number of hydrogen-bond acceptors (Lipinski definition) is 2. The molecule has 1 heterocycles. The van der Waals surface area contributed by atoms with Crippen LogP contribution < -0.4 is 0 Å². The van der Waals surface area contributed by atoms with Crippen LogP contribution in [0.1, 0.15) is 18.3 Å². The van der Waals surface area contributed by atoms with Crippen molar-refractivity contribution in [2.45, 2.75) is 13.3 Å². The number of aliphatic carboxylic acids is 1. The van der Waals surface area contributed by atoms with Crippen LogP contribution in [0.15, 0.2) is 36.7 Å². The second-order valence-corrected chi connectivity index (χ2v) is 4.32. The van der Waals surface area contributed by atoms with E-state index >= 15 is 0 Å². The van der Waals surface area contributed by atoms with Crippen molar-refractivity contribution in [3.63, 3.8) is 0 Å². The topological polar surface area (TPSA) is 55.1 Å². The molecular formula is C14H13ClN2O2. The summed E-state index contributed by atoms with van der Waals surface area (Å²) in [6, 6.07) is 5.38. The first kappa shape index (κ1) is 13.4. The van der Waals surface area contributed by atoms with Crippen LogP contribution in [-0.4, -0.2) is 20.6 Å². The van der Waals surface area contributed by atoms with Gasteiger partial charge in [0, 0.05) is 30.5 Å². The molecule has 0 atom stereocenters. The van der Waals surface area contributed by atoms with E-state index in [4.69, 9.17) is 16.7 Å². The Hall–Kier alpha value is -2.07. The molecule has 0 aliphatic rings. The SMILES string of the molecule is CCc1nccn1-c1c(Cl)cccc1/C=C/C(=O)O. The summed E-state index contributed by atoms with van der Waals surface area (Å²) in [7, 11) is 0. The van der Waals surface area contributed by atoms with Crippen LogP contribution in [0.4, 0.5) is 0 Å². The molecule has 1 aromatic heterocycles. The van der Waals surface area contributed by atoms with Gasteiger partial charge in [-0.15, -0.1) is 0 Å². The van der Waals surface area contributed by atoms with Crippen molar-refractivity contribution in [3.8, 4) is 5.69 Å². The van der Waals surface area contributed by atoms with Crippen LogP contribution in [-0.2, 0) is 11.2 Å². The molecule has 0 fully saturated rings. The van der Waals surface area contributed by atoms with E-state index < -0.39 is 5.97 Å². The van der Waals surface area contributed by atoms with Crippen molar-refractivity contribution in [2.24, 2.45) is 0 Å². The minimum atomic E-state index is -0.993. The monoisotopic (exact) mass is 276 g/mol. The summed E-state index contributed by atoms with van der Waals surface area (Å²) in [6.45, 7) is 2.00. The summed E-state index contributed by atoms with van der Waals surface area (Å²) in [5, 5.41) is 9.28. The van der Waals surface area contributed by atoms with Crippen LogP contribution in [0.5, 0.6) is 0 Å². The van der Waals surface area contributed by atoms with Gasteiger partial charge in [0.1, 0.15) is 5.82 Å². The molecule has 2 aromatic rings. The summed E-state index contributed by atoms with van der Waals surface area (Å²) in [4.78, 5) is 14.9. The van der Waals surface area contributed by atoms with Gasteiger partial charge < -0.3 is 9.67 Å². The highest BCUT2D eigenvalue weighted by Crippen LogP contribution is 2.26. The first-order valence-corrected chi connectivity index (χ1v) is 6.23. The third-order valence-corrected chi connectivity index (χ3v) is 3.00. The second-order valence-electron chi connectivity index (χ2n) is 3.92. The Bertz CT molecular complexity index is 632. The van der Waals surface area contributed by atoms with Crippen LogP contribution in [0.2, 0.25) is 5.02 Å². The maximum Gasteiger partial charge on any atom is 0.328 e. The third kappa shape index (κ3) is 2.85. The lowest BCUT2D eigenvalue weighted by molar-refractivity contribution is -0.131. The number of carbonyl (C=O) groups is 1. The fraction of sp³-hybridized carbons (Fsp3) is 0.143. The molecule has 0 spiro atoms. The van der Waals surface area contributed by atoms with Gasteiger partial charge >= 0.3 is 5.97 Å². The highest BCUT2D eigenvalue weighted by molar-refractivity contribution is 6.32. The molecule has 0 saturated heterocycles. The lowest BCUT2D eigenvalue weighted by atomic mass is 10.1. The van der Waals surface area contributed by atoms with Gasteiger partial charge in [0.05, 0.1) is 10.7 Å². The Morgan fingerprint density at radius 3 is 3.00 bits per heavy atom. The first-order chi connectivity index (χ1) is 9.13. The van der Waals surface area contributed by atoms with E-state index in [2.05, 4.69) is 4.98 Å². The van der Waals surface area contributed by atoms with Gasteiger partial charge in [-0.1, -0.05) is 30.7 Å². The largest absolute Gasteiger partial charge is 0.478 e. The van der Waals surface area contributed by atoms with Crippen molar-refractivity contribution in [1.29, 1.82) is 0 Å². The van der Waals surface area contributed by atoms with E-state index in [1.54, 1.807) is 18.3 Å². The maximum absolute atomic E-state index is 10.6.